The number of nitrogens with zero attached hydrogens (tertiary/aromatic N) is 1. The van der Waals surface area contributed by atoms with Crippen molar-refractivity contribution in [2.75, 3.05) is 33.9 Å². The van der Waals surface area contributed by atoms with E-state index in [9.17, 15) is 19.2 Å². The summed E-state index contributed by atoms with van der Waals surface area (Å²) in [5.41, 5.74) is -0.526. The molecule has 0 aliphatic carbocycles. The number of ether oxygens (including phenoxy) is 3. The number of likely N-dealkylation sites (tertiary alicyclic amines) is 1. The average Bonchev–Trinajstić information content (AvgIpc) is 2.71. The summed E-state index contributed by atoms with van der Waals surface area (Å²) in [5.74, 6) is -1.45. The lowest BCUT2D eigenvalue weighted by Gasteiger charge is -2.28. The van der Waals surface area contributed by atoms with E-state index in [1.807, 2.05) is 20.8 Å². The lowest BCUT2D eigenvalue weighted by Crippen LogP contribution is -2.37. The molecule has 30 heavy (non-hydrogen) atoms. The highest BCUT2D eigenvalue weighted by Crippen LogP contribution is 2.16. The maximum atomic E-state index is 11.7. The number of esters is 1. The van der Waals surface area contributed by atoms with Crippen molar-refractivity contribution in [1.29, 1.82) is 0 Å². The highest BCUT2D eigenvalue weighted by atomic mass is 16.5. The predicted octanol–water partition coefficient (Wildman–Crippen LogP) is 1.33. The second-order valence-corrected chi connectivity index (χ2v) is 7.53. The van der Waals surface area contributed by atoms with Gasteiger partial charge in [-0.05, 0) is 39.5 Å². The summed E-state index contributed by atoms with van der Waals surface area (Å²) < 4.78 is 14.3. The van der Waals surface area contributed by atoms with Crippen LogP contribution in [0.3, 0.4) is 0 Å². The van der Waals surface area contributed by atoms with Crippen LogP contribution in [-0.4, -0.2) is 68.8 Å². The van der Waals surface area contributed by atoms with Crippen molar-refractivity contribution in [2.24, 2.45) is 5.92 Å². The molecule has 10 heteroatoms. The summed E-state index contributed by atoms with van der Waals surface area (Å²) in [6, 6.07) is 0. The molecule has 10 nitrogen and oxygen atoms in total. The Morgan fingerprint density at radius 3 is 2.03 bits per heavy atom. The van der Waals surface area contributed by atoms with Crippen LogP contribution in [0.1, 0.15) is 33.6 Å². The van der Waals surface area contributed by atoms with Gasteiger partial charge in [-0.1, -0.05) is 13.2 Å². The molecule has 3 amide bonds. The normalized spacial score (nSPS) is 13.8. The largest absolute Gasteiger partial charge is 0.464 e. The minimum atomic E-state index is -0.823. The van der Waals surface area contributed by atoms with Gasteiger partial charge in [0.15, 0.2) is 0 Å². The van der Waals surface area contributed by atoms with Crippen LogP contribution in [0.5, 0.6) is 0 Å². The Labute approximate surface area is 177 Å². The van der Waals surface area contributed by atoms with Crippen LogP contribution in [0.15, 0.2) is 24.6 Å². The van der Waals surface area contributed by atoms with Crippen LogP contribution < -0.4 is 10.6 Å². The van der Waals surface area contributed by atoms with Gasteiger partial charge in [0.1, 0.15) is 11.4 Å². The fourth-order valence-electron chi connectivity index (χ4n) is 2.02. The van der Waals surface area contributed by atoms with E-state index in [1.54, 1.807) is 12.0 Å². The van der Waals surface area contributed by atoms with Crippen molar-refractivity contribution in [3.05, 3.63) is 24.6 Å². The van der Waals surface area contributed by atoms with Crippen molar-refractivity contribution < 1.29 is 33.4 Å². The first kappa shape index (κ1) is 27.1. The van der Waals surface area contributed by atoms with E-state index < -0.39 is 18.0 Å². The predicted molar refractivity (Wildman–Crippen MR) is 110 cm³/mol. The van der Waals surface area contributed by atoms with Gasteiger partial charge in [-0.3, -0.25) is 14.9 Å². The third-order valence-corrected chi connectivity index (χ3v) is 4.08. The molecule has 1 rings (SSSR count). The summed E-state index contributed by atoms with van der Waals surface area (Å²) in [7, 11) is 2.85. The number of methoxy groups -OCH3 is 2. The van der Waals surface area contributed by atoms with Crippen LogP contribution in [0.25, 0.3) is 0 Å². The molecule has 1 saturated heterocycles. The Morgan fingerprint density at radius 2 is 1.60 bits per heavy atom. The van der Waals surface area contributed by atoms with Crippen molar-refractivity contribution in [1.82, 2.24) is 15.5 Å². The van der Waals surface area contributed by atoms with Gasteiger partial charge in [0.05, 0.1) is 19.3 Å². The highest BCUT2D eigenvalue weighted by Gasteiger charge is 2.20. The SMILES string of the molecule is C=C(NC(=O)OCC1CCN(C=O)CC1)C(=O)NC(=C)C(=O)OC.COC(C)(C)C. The molecule has 1 aliphatic heterocycles. The molecule has 1 aliphatic rings. The summed E-state index contributed by atoms with van der Waals surface area (Å²) in [5, 5.41) is 4.31. The number of rotatable bonds is 7. The zero-order chi connectivity index (χ0) is 23.3. The lowest BCUT2D eigenvalue weighted by molar-refractivity contribution is -0.137. The molecule has 1 fully saturated rings. The number of amides is 3. The molecule has 2 N–H and O–H groups in total. The Balaban J connectivity index is 0.00000122. The zero-order valence-corrected chi connectivity index (χ0v) is 18.4. The van der Waals surface area contributed by atoms with E-state index in [0.717, 1.165) is 26.4 Å². The van der Waals surface area contributed by atoms with E-state index >= 15 is 0 Å². The smallest absolute Gasteiger partial charge is 0.411 e. The van der Waals surface area contributed by atoms with Gasteiger partial charge in [0.2, 0.25) is 6.41 Å². The Kier molecular flexibility index (Phi) is 12.1. The van der Waals surface area contributed by atoms with E-state index in [-0.39, 0.29) is 29.5 Å². The summed E-state index contributed by atoms with van der Waals surface area (Å²) in [6.45, 7) is 14.2. The number of carbonyl (C=O) groups excluding carboxylic acids is 4. The zero-order valence-electron chi connectivity index (χ0n) is 18.4. The first-order valence-electron chi connectivity index (χ1n) is 9.39. The molecule has 0 atom stereocenters. The third-order valence-electron chi connectivity index (χ3n) is 4.08. The van der Waals surface area contributed by atoms with Gasteiger partial charge in [0, 0.05) is 20.2 Å². The molecule has 0 aromatic carbocycles. The fourth-order valence-corrected chi connectivity index (χ4v) is 2.02. The molecular weight excluding hydrogens is 394 g/mol. The van der Waals surface area contributed by atoms with Crippen LogP contribution in [0, 0.1) is 5.92 Å². The van der Waals surface area contributed by atoms with Crippen molar-refractivity contribution in [2.45, 2.75) is 39.2 Å². The van der Waals surface area contributed by atoms with E-state index in [2.05, 4.69) is 28.5 Å². The second-order valence-electron chi connectivity index (χ2n) is 7.53. The molecule has 0 aromatic heterocycles. The molecule has 1 heterocycles. The summed E-state index contributed by atoms with van der Waals surface area (Å²) in [6.07, 6.45) is 1.46. The van der Waals surface area contributed by atoms with Crippen LogP contribution in [-0.2, 0) is 28.6 Å². The minimum Gasteiger partial charge on any atom is -0.464 e. The molecule has 0 aromatic rings. The monoisotopic (exact) mass is 427 g/mol. The first-order valence-corrected chi connectivity index (χ1v) is 9.39. The molecule has 170 valence electrons. The maximum Gasteiger partial charge on any atom is 0.411 e. The molecule has 0 unspecified atom stereocenters. The molecular formula is C20H33N3O7. The quantitative estimate of drug-likeness (QED) is 0.357. The second kappa shape index (κ2) is 13.4. The Hall–Kier alpha value is -2.88. The first-order chi connectivity index (χ1) is 13.9. The number of hydrogen-bond acceptors (Lipinski definition) is 7. The number of carbonyl (C=O) groups is 4. The number of nitrogens with one attached hydrogen (secondary N) is 2. The summed E-state index contributed by atoms with van der Waals surface area (Å²) in [4.78, 5) is 46.7. The van der Waals surface area contributed by atoms with Gasteiger partial charge >= 0.3 is 12.1 Å². The lowest BCUT2D eigenvalue weighted by atomic mass is 9.98. The Morgan fingerprint density at radius 1 is 1.07 bits per heavy atom. The number of piperidine rings is 1. The van der Waals surface area contributed by atoms with Crippen molar-refractivity contribution in [3.63, 3.8) is 0 Å². The van der Waals surface area contributed by atoms with Gasteiger partial charge in [-0.15, -0.1) is 0 Å². The Bertz CT molecular complexity index is 633. The minimum absolute atomic E-state index is 0.0417. The van der Waals surface area contributed by atoms with Crippen molar-refractivity contribution >= 4 is 24.4 Å². The van der Waals surface area contributed by atoms with E-state index in [1.165, 1.54) is 0 Å². The molecule has 0 bridgehead atoms. The number of hydrogen-bond donors (Lipinski definition) is 2. The fraction of sp³-hybridized carbons (Fsp3) is 0.600. The third kappa shape index (κ3) is 11.8. The topological polar surface area (TPSA) is 123 Å². The molecule has 0 saturated carbocycles. The standard InChI is InChI=1S/C15H21N3O6.C5H12O/c1-10(13(20)16-11(2)14(21)23-3)17-15(22)24-8-12-4-6-18(9-19)7-5-12;1-5(2,3)6-4/h9,12H,1-2,4-8H2,3H3,(H,16,20)(H,17,22);1-4H3. The molecule has 0 radical (unpaired) electrons. The van der Waals surface area contributed by atoms with Crippen LogP contribution >= 0.6 is 0 Å². The van der Waals surface area contributed by atoms with Gasteiger partial charge in [-0.25, -0.2) is 9.59 Å². The van der Waals surface area contributed by atoms with Gasteiger partial charge in [-0.2, -0.15) is 0 Å². The van der Waals surface area contributed by atoms with Gasteiger partial charge in [0.25, 0.3) is 5.91 Å². The average molecular weight is 427 g/mol. The maximum absolute atomic E-state index is 11.7. The van der Waals surface area contributed by atoms with E-state index in [0.29, 0.717) is 13.1 Å². The van der Waals surface area contributed by atoms with E-state index in [4.69, 9.17) is 9.47 Å². The highest BCUT2D eigenvalue weighted by molar-refractivity contribution is 6.01. The van der Waals surface area contributed by atoms with Crippen LogP contribution in [0.4, 0.5) is 4.79 Å². The van der Waals surface area contributed by atoms with Crippen LogP contribution in [0.2, 0.25) is 0 Å². The van der Waals surface area contributed by atoms with Gasteiger partial charge < -0.3 is 24.4 Å². The summed E-state index contributed by atoms with van der Waals surface area (Å²) >= 11 is 0. The molecule has 0 spiro atoms. The van der Waals surface area contributed by atoms with Crippen molar-refractivity contribution in [3.8, 4) is 0 Å². The number of alkyl carbamates (subject to hydrolysis) is 1.